The Kier molecular flexibility index (Phi) is 8.29. The Bertz CT molecular complexity index is 266. The summed E-state index contributed by atoms with van der Waals surface area (Å²) in [6.07, 6.45) is 0. The number of rotatable bonds is 1. The summed E-state index contributed by atoms with van der Waals surface area (Å²) < 4.78 is 0. The Morgan fingerprint density at radius 2 is 1.62 bits per heavy atom. The molecule has 13 heavy (non-hydrogen) atoms. The molecule has 0 saturated carbocycles. The van der Waals surface area contributed by atoms with E-state index in [0.29, 0.717) is 5.46 Å². The zero-order valence-electron chi connectivity index (χ0n) is 8.63. The minimum Gasteiger partial charge on any atom is -0.889 e. The van der Waals surface area contributed by atoms with Crippen molar-refractivity contribution in [2.45, 2.75) is 13.8 Å². The van der Waals surface area contributed by atoms with Crippen molar-refractivity contribution in [3.05, 3.63) is 29.3 Å². The summed E-state index contributed by atoms with van der Waals surface area (Å²) in [7, 11) is -1.85. The molecule has 0 aromatic heterocycles. The van der Waals surface area contributed by atoms with E-state index in [-0.39, 0.29) is 37.7 Å². The normalized spacial score (nSPS) is 8.31. The van der Waals surface area contributed by atoms with Crippen LogP contribution in [0.25, 0.3) is 0 Å². The Morgan fingerprint density at radius 1 is 1.08 bits per heavy atom. The van der Waals surface area contributed by atoms with Crippen molar-refractivity contribution in [1.82, 2.24) is 0 Å². The smallest absolute Gasteiger partial charge is 0.889 e. The Morgan fingerprint density at radius 3 is 2.00 bits per heavy atom. The van der Waals surface area contributed by atoms with Crippen molar-refractivity contribution in [2.24, 2.45) is 0 Å². The molecule has 0 fully saturated rings. The third kappa shape index (κ3) is 4.43. The minimum absolute atomic E-state index is 0. The molecule has 1 aromatic carbocycles. The van der Waals surface area contributed by atoms with E-state index in [9.17, 15) is 10.0 Å². The van der Waals surface area contributed by atoms with Crippen LogP contribution in [0.2, 0.25) is 0 Å². The molecule has 0 aliphatic heterocycles. The Hall–Kier alpha value is 0.400. The first-order chi connectivity index (χ1) is 5.11. The van der Waals surface area contributed by atoms with E-state index in [4.69, 9.17) is 0 Å². The fourth-order valence-corrected chi connectivity index (χ4v) is 1.09. The SMILES string of the molecule is Cc1ccc(B([O-])[O-])c(C)c1.[Li+].[Li+]. The van der Waals surface area contributed by atoms with Gasteiger partial charge in [-0.15, -0.1) is 5.46 Å². The standard InChI is InChI=1S/C8H9BO2.2Li/c1-6-3-4-8(9(10)11)7(2)5-6;;/h3-5H,1-2H3;;/q-2;2*+1. The van der Waals surface area contributed by atoms with Crippen LogP contribution in [0.3, 0.4) is 0 Å². The summed E-state index contributed by atoms with van der Waals surface area (Å²) >= 11 is 0. The molecule has 0 atom stereocenters. The van der Waals surface area contributed by atoms with Crippen LogP contribution in [0.15, 0.2) is 18.2 Å². The molecule has 0 spiro atoms. The van der Waals surface area contributed by atoms with Crippen LogP contribution < -0.4 is 53.2 Å². The Labute approximate surface area is 103 Å². The number of aryl methyl sites for hydroxylation is 2. The summed E-state index contributed by atoms with van der Waals surface area (Å²) in [5, 5.41) is 21.0. The molecule has 2 nitrogen and oxygen atoms in total. The van der Waals surface area contributed by atoms with E-state index in [1.165, 1.54) is 0 Å². The van der Waals surface area contributed by atoms with E-state index in [0.717, 1.165) is 11.1 Å². The zero-order valence-corrected chi connectivity index (χ0v) is 8.63. The van der Waals surface area contributed by atoms with Gasteiger partial charge < -0.3 is 10.0 Å². The molecule has 58 valence electrons. The van der Waals surface area contributed by atoms with Crippen molar-refractivity contribution in [1.29, 1.82) is 0 Å². The van der Waals surface area contributed by atoms with Crippen LogP contribution in [-0.2, 0) is 0 Å². The minimum atomic E-state index is -1.85. The topological polar surface area (TPSA) is 46.1 Å². The first kappa shape index (κ1) is 15.9. The largest absolute Gasteiger partial charge is 1.00 e. The van der Waals surface area contributed by atoms with Gasteiger partial charge in [-0.3, -0.25) is 0 Å². The van der Waals surface area contributed by atoms with Gasteiger partial charge in [0.2, 0.25) is 0 Å². The van der Waals surface area contributed by atoms with Crippen molar-refractivity contribution in [3.8, 4) is 0 Å². The van der Waals surface area contributed by atoms with Gasteiger partial charge in [0.05, 0.1) is 0 Å². The zero-order chi connectivity index (χ0) is 8.43. The average molecular weight is 162 g/mol. The van der Waals surface area contributed by atoms with Crippen LogP contribution >= 0.6 is 0 Å². The predicted octanol–water partition coefficient (Wildman–Crippen LogP) is -7.27. The third-order valence-corrected chi connectivity index (χ3v) is 1.68. The second-order valence-electron chi connectivity index (χ2n) is 2.69. The summed E-state index contributed by atoms with van der Waals surface area (Å²) in [5.74, 6) is 0. The maximum atomic E-state index is 10.5. The predicted molar refractivity (Wildman–Crippen MR) is 41.3 cm³/mol. The molecule has 0 saturated heterocycles. The maximum absolute atomic E-state index is 10.5. The van der Waals surface area contributed by atoms with Crippen molar-refractivity contribution in [2.75, 3.05) is 0 Å². The van der Waals surface area contributed by atoms with Crippen LogP contribution in [-0.4, -0.2) is 7.12 Å². The molecule has 5 heteroatoms. The van der Waals surface area contributed by atoms with Gasteiger partial charge in [-0.05, 0) is 13.8 Å². The van der Waals surface area contributed by atoms with Crippen LogP contribution in [0.5, 0.6) is 0 Å². The molecule has 0 heterocycles. The fourth-order valence-electron chi connectivity index (χ4n) is 1.09. The molecule has 1 aromatic rings. The van der Waals surface area contributed by atoms with Gasteiger partial charge >= 0.3 is 37.7 Å². The molecule has 0 aliphatic rings. The van der Waals surface area contributed by atoms with E-state index in [1.54, 1.807) is 19.1 Å². The van der Waals surface area contributed by atoms with Gasteiger partial charge in [0, 0.05) is 0 Å². The van der Waals surface area contributed by atoms with E-state index in [2.05, 4.69) is 0 Å². The first-order valence-corrected chi connectivity index (χ1v) is 3.50. The van der Waals surface area contributed by atoms with Crippen molar-refractivity contribution < 1.29 is 47.8 Å². The van der Waals surface area contributed by atoms with Gasteiger partial charge in [0.25, 0.3) is 0 Å². The molecular formula is C8H9BLi2O2. The summed E-state index contributed by atoms with van der Waals surface area (Å²) in [6.45, 7) is 3.71. The molecule has 1 rings (SSSR count). The second-order valence-corrected chi connectivity index (χ2v) is 2.69. The molecule has 0 N–H and O–H groups in total. The molecule has 0 aliphatic carbocycles. The molecule has 0 radical (unpaired) electrons. The van der Waals surface area contributed by atoms with Gasteiger partial charge in [-0.2, -0.15) is 0 Å². The summed E-state index contributed by atoms with van der Waals surface area (Å²) in [4.78, 5) is 0. The summed E-state index contributed by atoms with van der Waals surface area (Å²) in [6, 6.07) is 5.23. The van der Waals surface area contributed by atoms with Gasteiger partial charge in [0.15, 0.2) is 0 Å². The van der Waals surface area contributed by atoms with Crippen molar-refractivity contribution in [3.63, 3.8) is 0 Å². The van der Waals surface area contributed by atoms with Crippen LogP contribution in [0.4, 0.5) is 0 Å². The van der Waals surface area contributed by atoms with Gasteiger partial charge in [-0.25, -0.2) is 0 Å². The number of hydrogen-bond acceptors (Lipinski definition) is 2. The fraction of sp³-hybridized carbons (Fsp3) is 0.250. The quantitative estimate of drug-likeness (QED) is 0.385. The number of benzene rings is 1. The van der Waals surface area contributed by atoms with Crippen LogP contribution in [0, 0.1) is 13.8 Å². The maximum Gasteiger partial charge on any atom is 1.00 e. The average Bonchev–Trinajstić information content (AvgIpc) is 1.85. The number of hydrogen-bond donors (Lipinski definition) is 0. The van der Waals surface area contributed by atoms with E-state index in [1.807, 2.05) is 13.0 Å². The summed E-state index contributed by atoms with van der Waals surface area (Å²) in [5.41, 5.74) is 2.22. The first-order valence-electron chi connectivity index (χ1n) is 3.50. The molecule has 0 bridgehead atoms. The van der Waals surface area contributed by atoms with Gasteiger partial charge in [0.1, 0.15) is 0 Å². The van der Waals surface area contributed by atoms with Crippen LogP contribution in [0.1, 0.15) is 11.1 Å². The van der Waals surface area contributed by atoms with Gasteiger partial charge in [-0.1, -0.05) is 36.4 Å². The third-order valence-electron chi connectivity index (χ3n) is 1.68. The van der Waals surface area contributed by atoms with Crippen molar-refractivity contribution >= 4 is 12.6 Å². The van der Waals surface area contributed by atoms with E-state index < -0.39 is 7.12 Å². The second kappa shape index (κ2) is 6.79. The molecular weight excluding hydrogens is 153 g/mol. The molecule has 0 amide bonds. The Balaban J connectivity index is 0. The molecule has 0 unspecified atom stereocenters. The monoisotopic (exact) mass is 162 g/mol. The van der Waals surface area contributed by atoms with E-state index >= 15 is 0 Å².